The zero-order valence-corrected chi connectivity index (χ0v) is 15.7. The van der Waals surface area contributed by atoms with Gasteiger partial charge in [0.05, 0.1) is 12.8 Å². The number of carboxylic acid groups (broad SMARTS) is 1. The Balaban J connectivity index is 1.44. The van der Waals surface area contributed by atoms with Gasteiger partial charge in [0.1, 0.15) is 21.7 Å². The Labute approximate surface area is 161 Å². The van der Waals surface area contributed by atoms with E-state index in [4.69, 9.17) is 14.6 Å². The molecule has 1 aliphatic rings. The predicted octanol–water partition coefficient (Wildman–Crippen LogP) is 3.17. The van der Waals surface area contributed by atoms with E-state index in [0.29, 0.717) is 30.2 Å². The van der Waals surface area contributed by atoms with E-state index in [1.54, 1.807) is 6.20 Å². The van der Waals surface area contributed by atoms with E-state index in [-0.39, 0.29) is 18.4 Å². The second kappa shape index (κ2) is 9.48. The number of rotatable bonds is 9. The first-order valence-electron chi connectivity index (χ1n) is 8.91. The number of nitrogens with zero attached hydrogens (tertiary/aromatic N) is 1. The number of hydrogen-bond donors (Lipinski definition) is 2. The molecular weight excluding hydrogens is 368 g/mol. The number of carbonyl (C=O) groups excluding carboxylic acids is 1. The standard InChI is InChI=1S/C19H22N2O5S/c22-17(23)4-2-9-25-14-7-5-13(6-8-14)11-20-18(24)16-12-21-19(27-16)15-3-1-10-26-15/h5-8,12,15H,1-4,9-11H2,(H,20,24)(H,22,23). The Morgan fingerprint density at radius 3 is 2.85 bits per heavy atom. The minimum Gasteiger partial charge on any atom is -0.494 e. The summed E-state index contributed by atoms with van der Waals surface area (Å²) in [6.45, 7) is 1.52. The maximum atomic E-state index is 12.3. The van der Waals surface area contributed by atoms with Crippen LogP contribution in [0.3, 0.4) is 0 Å². The van der Waals surface area contributed by atoms with Crippen LogP contribution in [-0.2, 0) is 16.1 Å². The maximum absolute atomic E-state index is 12.3. The molecule has 2 heterocycles. The van der Waals surface area contributed by atoms with Crippen LogP contribution in [0.15, 0.2) is 30.5 Å². The van der Waals surface area contributed by atoms with Gasteiger partial charge in [-0.25, -0.2) is 4.98 Å². The number of nitrogens with one attached hydrogen (secondary N) is 1. The van der Waals surface area contributed by atoms with Gasteiger partial charge in [-0.3, -0.25) is 9.59 Å². The molecule has 1 amide bonds. The van der Waals surface area contributed by atoms with Crippen molar-refractivity contribution >= 4 is 23.2 Å². The highest BCUT2D eigenvalue weighted by atomic mass is 32.1. The SMILES string of the molecule is O=C(O)CCCOc1ccc(CNC(=O)c2cnc(C3CCCO3)s2)cc1. The van der Waals surface area contributed by atoms with Crippen LogP contribution >= 0.6 is 11.3 Å². The van der Waals surface area contributed by atoms with Gasteiger partial charge in [-0.15, -0.1) is 11.3 Å². The van der Waals surface area contributed by atoms with Gasteiger partial charge in [0.2, 0.25) is 0 Å². The number of hydrogen-bond acceptors (Lipinski definition) is 6. The molecule has 3 rings (SSSR count). The average Bonchev–Trinajstić information content (AvgIpc) is 3.35. The second-order valence-electron chi connectivity index (χ2n) is 6.24. The lowest BCUT2D eigenvalue weighted by Gasteiger charge is -2.07. The van der Waals surface area contributed by atoms with E-state index >= 15 is 0 Å². The number of aromatic nitrogens is 1. The Morgan fingerprint density at radius 1 is 1.33 bits per heavy atom. The molecule has 1 fully saturated rings. The molecule has 1 unspecified atom stereocenters. The summed E-state index contributed by atoms with van der Waals surface area (Å²) >= 11 is 1.38. The largest absolute Gasteiger partial charge is 0.494 e. The molecule has 2 aromatic rings. The molecule has 8 heteroatoms. The van der Waals surface area contributed by atoms with Crippen LogP contribution in [0.2, 0.25) is 0 Å². The van der Waals surface area contributed by atoms with Gasteiger partial charge >= 0.3 is 5.97 Å². The van der Waals surface area contributed by atoms with Crippen LogP contribution in [0.5, 0.6) is 5.75 Å². The summed E-state index contributed by atoms with van der Waals surface area (Å²) in [7, 11) is 0. The first-order chi connectivity index (χ1) is 13.1. The van der Waals surface area contributed by atoms with Crippen molar-refractivity contribution in [2.45, 2.75) is 38.3 Å². The molecule has 27 heavy (non-hydrogen) atoms. The zero-order valence-electron chi connectivity index (χ0n) is 14.8. The summed E-state index contributed by atoms with van der Waals surface area (Å²) < 4.78 is 11.1. The molecule has 0 saturated carbocycles. The molecule has 0 radical (unpaired) electrons. The highest BCUT2D eigenvalue weighted by Crippen LogP contribution is 2.31. The number of carbonyl (C=O) groups is 2. The Bertz CT molecular complexity index is 769. The van der Waals surface area contributed by atoms with Crippen molar-refractivity contribution in [2.24, 2.45) is 0 Å². The lowest BCUT2D eigenvalue weighted by molar-refractivity contribution is -0.137. The van der Waals surface area contributed by atoms with Crippen molar-refractivity contribution in [1.82, 2.24) is 10.3 Å². The minimum atomic E-state index is -0.825. The first kappa shape index (κ1) is 19.3. The van der Waals surface area contributed by atoms with Gasteiger partial charge in [0.25, 0.3) is 5.91 Å². The van der Waals surface area contributed by atoms with Crippen LogP contribution in [0.1, 0.15) is 52.0 Å². The average molecular weight is 390 g/mol. The van der Waals surface area contributed by atoms with E-state index in [0.717, 1.165) is 30.0 Å². The number of amides is 1. The topological polar surface area (TPSA) is 97.8 Å². The van der Waals surface area contributed by atoms with Crippen molar-refractivity contribution in [3.05, 3.63) is 45.9 Å². The lowest BCUT2D eigenvalue weighted by atomic mass is 10.2. The summed E-state index contributed by atoms with van der Waals surface area (Å²) in [5.41, 5.74) is 0.949. The van der Waals surface area contributed by atoms with E-state index in [2.05, 4.69) is 10.3 Å². The van der Waals surface area contributed by atoms with Crippen LogP contribution in [0, 0.1) is 0 Å². The molecule has 7 nitrogen and oxygen atoms in total. The van der Waals surface area contributed by atoms with Crippen LogP contribution < -0.4 is 10.1 Å². The molecule has 1 atom stereocenters. The van der Waals surface area contributed by atoms with Crippen molar-refractivity contribution in [3.8, 4) is 5.75 Å². The number of thiazole rings is 1. The normalized spacial score (nSPS) is 16.2. The summed E-state index contributed by atoms with van der Waals surface area (Å²) in [5, 5.41) is 12.3. The van der Waals surface area contributed by atoms with Gasteiger partial charge < -0.3 is 19.9 Å². The van der Waals surface area contributed by atoms with Gasteiger partial charge in [0.15, 0.2) is 0 Å². The van der Waals surface area contributed by atoms with E-state index in [1.807, 2.05) is 24.3 Å². The Morgan fingerprint density at radius 2 is 2.15 bits per heavy atom. The maximum Gasteiger partial charge on any atom is 0.303 e. The van der Waals surface area contributed by atoms with Crippen molar-refractivity contribution < 1.29 is 24.2 Å². The summed E-state index contributed by atoms with van der Waals surface area (Å²) in [4.78, 5) is 27.6. The van der Waals surface area contributed by atoms with Crippen LogP contribution in [0.25, 0.3) is 0 Å². The molecule has 2 N–H and O–H groups in total. The molecule has 0 bridgehead atoms. The van der Waals surface area contributed by atoms with Gasteiger partial charge in [-0.05, 0) is 37.0 Å². The van der Waals surface area contributed by atoms with Crippen LogP contribution in [0.4, 0.5) is 0 Å². The quantitative estimate of drug-likeness (QED) is 0.638. The molecule has 0 spiro atoms. The van der Waals surface area contributed by atoms with Gasteiger partial charge in [-0.2, -0.15) is 0 Å². The smallest absolute Gasteiger partial charge is 0.303 e. The number of benzene rings is 1. The van der Waals surface area contributed by atoms with Crippen LogP contribution in [-0.4, -0.2) is 35.2 Å². The number of carboxylic acids is 1. The zero-order chi connectivity index (χ0) is 19.1. The van der Waals surface area contributed by atoms with Crippen molar-refractivity contribution in [3.63, 3.8) is 0 Å². The Hall–Kier alpha value is -2.45. The van der Waals surface area contributed by atoms with Crippen molar-refractivity contribution in [2.75, 3.05) is 13.2 Å². The summed E-state index contributed by atoms with van der Waals surface area (Å²) in [6, 6.07) is 7.36. The highest BCUT2D eigenvalue weighted by molar-refractivity contribution is 7.13. The number of aliphatic carboxylic acids is 1. The third-order valence-corrected chi connectivity index (χ3v) is 5.22. The molecule has 1 aromatic carbocycles. The lowest BCUT2D eigenvalue weighted by Crippen LogP contribution is -2.21. The summed E-state index contributed by atoms with van der Waals surface area (Å²) in [5.74, 6) is -0.293. The van der Waals surface area contributed by atoms with E-state index in [1.165, 1.54) is 11.3 Å². The Kier molecular flexibility index (Phi) is 6.78. The highest BCUT2D eigenvalue weighted by Gasteiger charge is 2.22. The first-order valence-corrected chi connectivity index (χ1v) is 9.72. The number of ether oxygens (including phenoxy) is 2. The predicted molar refractivity (Wildman–Crippen MR) is 100 cm³/mol. The third-order valence-electron chi connectivity index (χ3n) is 4.13. The third kappa shape index (κ3) is 5.77. The monoisotopic (exact) mass is 390 g/mol. The fourth-order valence-electron chi connectivity index (χ4n) is 2.70. The molecule has 1 saturated heterocycles. The molecular formula is C19H22N2O5S. The van der Waals surface area contributed by atoms with E-state index < -0.39 is 5.97 Å². The van der Waals surface area contributed by atoms with Gasteiger partial charge in [-0.1, -0.05) is 12.1 Å². The van der Waals surface area contributed by atoms with Gasteiger partial charge in [0, 0.05) is 19.6 Å². The minimum absolute atomic E-state index is 0.0274. The van der Waals surface area contributed by atoms with Crippen molar-refractivity contribution in [1.29, 1.82) is 0 Å². The van der Waals surface area contributed by atoms with E-state index in [9.17, 15) is 9.59 Å². The fraction of sp³-hybridized carbons (Fsp3) is 0.421. The fourth-order valence-corrected chi connectivity index (χ4v) is 3.62. The molecule has 0 aliphatic carbocycles. The molecule has 144 valence electrons. The molecule has 1 aliphatic heterocycles. The second-order valence-corrected chi connectivity index (χ2v) is 7.30. The molecule has 1 aromatic heterocycles. The summed E-state index contributed by atoms with van der Waals surface area (Å²) in [6.07, 6.45) is 4.18.